The minimum Gasteiger partial charge on any atom is -0.406 e. The van der Waals surface area contributed by atoms with Gasteiger partial charge in [-0.15, -0.1) is 13.2 Å². The third-order valence-corrected chi connectivity index (χ3v) is 3.61. The molecule has 2 amide bonds. The number of anilines is 1. The maximum absolute atomic E-state index is 12.3. The highest BCUT2D eigenvalue weighted by molar-refractivity contribution is 6.03. The lowest BCUT2D eigenvalue weighted by molar-refractivity contribution is -0.274. The highest BCUT2D eigenvalue weighted by Crippen LogP contribution is 2.32. The number of nitrogens with zero attached hydrogens (tertiary/aromatic N) is 2. The Kier molecular flexibility index (Phi) is 5.11. The van der Waals surface area contributed by atoms with Gasteiger partial charge in [-0.05, 0) is 30.7 Å². The minimum absolute atomic E-state index is 0.289. The number of nitrogens with one attached hydrogen (secondary N) is 2. The Bertz CT molecular complexity index is 959. The molecule has 0 aliphatic rings. The van der Waals surface area contributed by atoms with Crippen LogP contribution >= 0.6 is 0 Å². The topological polar surface area (TPSA) is 76.1 Å². The SMILES string of the molecule is CCNC(=O)Nc1ncc(-c2ccc(OC(F)(F)F)cc2)c2cccnc12. The predicted octanol–water partition coefficient (Wildman–Crippen LogP) is 4.34. The van der Waals surface area contributed by atoms with Gasteiger partial charge in [0.2, 0.25) is 0 Å². The van der Waals surface area contributed by atoms with Crippen LogP contribution in [0.2, 0.25) is 0 Å². The molecule has 6 nitrogen and oxygen atoms in total. The van der Waals surface area contributed by atoms with Gasteiger partial charge in [-0.25, -0.2) is 9.78 Å². The van der Waals surface area contributed by atoms with Crippen molar-refractivity contribution < 1.29 is 22.7 Å². The zero-order valence-corrected chi connectivity index (χ0v) is 14.2. The lowest BCUT2D eigenvalue weighted by Gasteiger charge is -2.12. The zero-order valence-electron chi connectivity index (χ0n) is 14.2. The standard InChI is InChI=1S/C18H15F3N4O2/c1-2-22-17(26)25-16-15-13(4-3-9-23-15)14(10-24-16)11-5-7-12(8-6-11)27-18(19,20)21/h3-10H,2H2,1H3,(H2,22,24,25,26). The van der Waals surface area contributed by atoms with E-state index in [9.17, 15) is 18.0 Å². The summed E-state index contributed by atoms with van der Waals surface area (Å²) in [6.07, 6.45) is -1.64. The lowest BCUT2D eigenvalue weighted by Crippen LogP contribution is -2.28. The summed E-state index contributed by atoms with van der Waals surface area (Å²) < 4.78 is 40.8. The van der Waals surface area contributed by atoms with Crippen LogP contribution in [0.5, 0.6) is 5.75 Å². The molecule has 0 bridgehead atoms. The summed E-state index contributed by atoms with van der Waals surface area (Å²) in [6.45, 7) is 2.25. The van der Waals surface area contributed by atoms with E-state index in [1.54, 1.807) is 25.3 Å². The molecule has 3 rings (SSSR count). The second-order valence-electron chi connectivity index (χ2n) is 5.48. The molecule has 0 fully saturated rings. The van der Waals surface area contributed by atoms with Gasteiger partial charge in [-0.1, -0.05) is 18.2 Å². The number of urea groups is 1. The maximum Gasteiger partial charge on any atom is 0.573 e. The monoisotopic (exact) mass is 376 g/mol. The first kappa shape index (κ1) is 18.4. The molecule has 140 valence electrons. The third-order valence-electron chi connectivity index (χ3n) is 3.61. The molecule has 1 aromatic carbocycles. The smallest absolute Gasteiger partial charge is 0.406 e. The van der Waals surface area contributed by atoms with E-state index in [2.05, 4.69) is 25.3 Å². The van der Waals surface area contributed by atoms with E-state index < -0.39 is 12.4 Å². The van der Waals surface area contributed by atoms with Gasteiger partial charge in [-0.2, -0.15) is 0 Å². The van der Waals surface area contributed by atoms with Crippen LogP contribution in [0.25, 0.3) is 22.0 Å². The predicted molar refractivity (Wildman–Crippen MR) is 94.4 cm³/mol. The fraction of sp³-hybridized carbons (Fsp3) is 0.167. The van der Waals surface area contributed by atoms with Crippen molar-refractivity contribution in [2.75, 3.05) is 11.9 Å². The molecule has 3 aromatic rings. The number of pyridine rings is 2. The molecular formula is C18H15F3N4O2. The van der Waals surface area contributed by atoms with E-state index in [0.717, 1.165) is 0 Å². The summed E-state index contributed by atoms with van der Waals surface area (Å²) in [5, 5.41) is 5.93. The van der Waals surface area contributed by atoms with Gasteiger partial charge in [0.05, 0.1) is 0 Å². The Morgan fingerprint density at radius 2 is 1.89 bits per heavy atom. The maximum atomic E-state index is 12.3. The Hall–Kier alpha value is -3.36. The number of carbonyl (C=O) groups is 1. The van der Waals surface area contributed by atoms with Crippen LogP contribution in [0.1, 0.15) is 6.92 Å². The second kappa shape index (κ2) is 7.48. The van der Waals surface area contributed by atoms with E-state index in [1.165, 1.54) is 30.5 Å². The summed E-state index contributed by atoms with van der Waals surface area (Å²) >= 11 is 0. The molecule has 2 N–H and O–H groups in total. The van der Waals surface area contributed by atoms with Crippen LogP contribution in [0.3, 0.4) is 0 Å². The Morgan fingerprint density at radius 1 is 1.15 bits per heavy atom. The van der Waals surface area contributed by atoms with Gasteiger partial charge in [0, 0.05) is 29.9 Å². The van der Waals surface area contributed by atoms with Crippen LogP contribution in [-0.4, -0.2) is 28.9 Å². The highest BCUT2D eigenvalue weighted by atomic mass is 19.4. The number of aromatic nitrogens is 2. The van der Waals surface area contributed by atoms with E-state index in [1.807, 2.05) is 0 Å². The van der Waals surface area contributed by atoms with E-state index >= 15 is 0 Å². The third kappa shape index (κ3) is 4.43. The van der Waals surface area contributed by atoms with Crippen LogP contribution in [-0.2, 0) is 0 Å². The number of hydrogen-bond acceptors (Lipinski definition) is 4. The Labute approximate surface area is 152 Å². The van der Waals surface area contributed by atoms with Gasteiger partial charge in [0.25, 0.3) is 0 Å². The molecule has 2 aromatic heterocycles. The normalized spacial score (nSPS) is 11.3. The number of carbonyl (C=O) groups excluding carboxylic acids is 1. The van der Waals surface area contributed by atoms with Crippen molar-refractivity contribution in [2.24, 2.45) is 0 Å². The first-order valence-electron chi connectivity index (χ1n) is 8.02. The average Bonchev–Trinajstić information content (AvgIpc) is 2.62. The lowest BCUT2D eigenvalue weighted by atomic mass is 10.0. The van der Waals surface area contributed by atoms with Crippen LogP contribution in [0.15, 0.2) is 48.8 Å². The van der Waals surface area contributed by atoms with E-state index in [4.69, 9.17) is 0 Å². The molecule has 0 spiro atoms. The number of halogens is 3. The van der Waals surface area contributed by atoms with Crippen LogP contribution in [0.4, 0.5) is 23.8 Å². The van der Waals surface area contributed by atoms with Gasteiger partial charge in [-0.3, -0.25) is 10.3 Å². The molecule has 0 radical (unpaired) electrons. The summed E-state index contributed by atoms with van der Waals surface area (Å²) in [5.74, 6) is -0.0199. The summed E-state index contributed by atoms with van der Waals surface area (Å²) in [6, 6.07) is 8.57. The average molecular weight is 376 g/mol. The molecule has 0 saturated carbocycles. The van der Waals surface area contributed by atoms with E-state index in [0.29, 0.717) is 28.6 Å². The zero-order chi connectivity index (χ0) is 19.4. The molecule has 0 unspecified atom stereocenters. The Balaban J connectivity index is 1.97. The number of hydrogen-bond donors (Lipinski definition) is 2. The number of rotatable bonds is 4. The second-order valence-corrected chi connectivity index (χ2v) is 5.48. The van der Waals surface area contributed by atoms with Gasteiger partial charge in [0.15, 0.2) is 5.82 Å². The van der Waals surface area contributed by atoms with Crippen molar-refractivity contribution in [3.8, 4) is 16.9 Å². The summed E-state index contributed by atoms with van der Waals surface area (Å²) in [4.78, 5) is 20.3. The van der Waals surface area contributed by atoms with Gasteiger partial charge >= 0.3 is 12.4 Å². The fourth-order valence-electron chi connectivity index (χ4n) is 2.54. The summed E-state index contributed by atoms with van der Waals surface area (Å²) in [7, 11) is 0. The van der Waals surface area contributed by atoms with Crippen molar-refractivity contribution in [2.45, 2.75) is 13.3 Å². The largest absolute Gasteiger partial charge is 0.573 e. The van der Waals surface area contributed by atoms with Crippen LogP contribution in [0, 0.1) is 0 Å². The van der Waals surface area contributed by atoms with E-state index in [-0.39, 0.29) is 11.6 Å². The molecule has 27 heavy (non-hydrogen) atoms. The first-order chi connectivity index (χ1) is 12.9. The van der Waals surface area contributed by atoms with Crippen molar-refractivity contribution >= 4 is 22.8 Å². The molecule has 9 heteroatoms. The van der Waals surface area contributed by atoms with Crippen molar-refractivity contribution in [3.05, 3.63) is 48.8 Å². The number of benzene rings is 1. The molecule has 0 aliphatic heterocycles. The molecule has 2 heterocycles. The molecular weight excluding hydrogens is 361 g/mol. The molecule has 0 saturated heterocycles. The number of ether oxygens (including phenoxy) is 1. The fourth-order valence-corrected chi connectivity index (χ4v) is 2.54. The van der Waals surface area contributed by atoms with Crippen molar-refractivity contribution in [1.29, 1.82) is 0 Å². The minimum atomic E-state index is -4.74. The number of fused-ring (bicyclic) bond motifs is 1. The van der Waals surface area contributed by atoms with Crippen molar-refractivity contribution in [3.63, 3.8) is 0 Å². The van der Waals surface area contributed by atoms with Gasteiger partial charge in [0.1, 0.15) is 11.3 Å². The summed E-state index contributed by atoms with van der Waals surface area (Å²) in [5.41, 5.74) is 1.77. The highest BCUT2D eigenvalue weighted by Gasteiger charge is 2.31. The number of alkyl halides is 3. The first-order valence-corrected chi connectivity index (χ1v) is 8.02. The molecule has 0 atom stereocenters. The molecule has 0 aliphatic carbocycles. The number of amides is 2. The van der Waals surface area contributed by atoms with Gasteiger partial charge < -0.3 is 10.1 Å². The Morgan fingerprint density at radius 3 is 2.56 bits per heavy atom. The van der Waals surface area contributed by atoms with Crippen LogP contribution < -0.4 is 15.4 Å². The van der Waals surface area contributed by atoms with Crippen molar-refractivity contribution in [1.82, 2.24) is 15.3 Å². The quantitative estimate of drug-likeness (QED) is 0.710.